The summed E-state index contributed by atoms with van der Waals surface area (Å²) < 4.78 is 38.0. The first kappa shape index (κ1) is 14.6. The second kappa shape index (κ2) is 5.31. The molecule has 2 rings (SSSR count). The minimum Gasteiger partial charge on any atom is -0.288 e. The van der Waals surface area contributed by atoms with Gasteiger partial charge in [-0.25, -0.2) is 0 Å². The third kappa shape index (κ3) is 3.04. The topological polar surface area (TPSA) is 73.1 Å². The van der Waals surface area contributed by atoms with Crippen molar-refractivity contribution < 1.29 is 22.9 Å². The van der Waals surface area contributed by atoms with Crippen LogP contribution >= 0.6 is 0 Å². The number of hydrogen-bond acceptors (Lipinski definition) is 4. The van der Waals surface area contributed by atoms with Crippen LogP contribution < -0.4 is 0 Å². The van der Waals surface area contributed by atoms with Crippen molar-refractivity contribution in [1.29, 1.82) is 0 Å². The van der Waals surface area contributed by atoms with Crippen molar-refractivity contribution in [2.24, 2.45) is 0 Å². The summed E-state index contributed by atoms with van der Waals surface area (Å²) in [6, 6.07) is 4.45. The molecule has 0 aliphatic carbocycles. The maximum Gasteiger partial charge on any atom is 0.416 e. The molecule has 1 aromatic carbocycles. The average molecular weight is 296 g/mol. The monoisotopic (exact) mass is 296 g/mol. The molecule has 0 radical (unpaired) electrons. The molecule has 0 amide bonds. The van der Waals surface area contributed by atoms with Crippen molar-refractivity contribution in [1.82, 2.24) is 4.98 Å². The average Bonchev–Trinajstić information content (AvgIpc) is 2.45. The van der Waals surface area contributed by atoms with E-state index < -0.39 is 33.7 Å². The minimum absolute atomic E-state index is 0.0278. The Balaban J connectivity index is 2.59. The Morgan fingerprint density at radius 3 is 2.48 bits per heavy atom. The molecule has 0 fully saturated rings. The molecule has 0 aliphatic rings. The zero-order valence-corrected chi connectivity index (χ0v) is 10.3. The van der Waals surface area contributed by atoms with Crippen LogP contribution in [0.15, 0.2) is 42.7 Å². The lowest BCUT2D eigenvalue weighted by Gasteiger charge is -2.09. The largest absolute Gasteiger partial charge is 0.416 e. The number of alkyl halides is 3. The number of halogens is 3. The van der Waals surface area contributed by atoms with Gasteiger partial charge in [0.2, 0.25) is 5.78 Å². The Morgan fingerprint density at radius 1 is 1.24 bits per heavy atom. The number of rotatable bonds is 3. The second-order valence-corrected chi connectivity index (χ2v) is 4.06. The lowest BCUT2D eigenvalue weighted by molar-refractivity contribution is -0.385. The van der Waals surface area contributed by atoms with E-state index in [0.717, 1.165) is 6.20 Å². The summed E-state index contributed by atoms with van der Waals surface area (Å²) in [6.45, 7) is 0. The normalized spacial score (nSPS) is 11.2. The number of nitrogens with zero attached hydrogens (tertiary/aromatic N) is 2. The highest BCUT2D eigenvalue weighted by atomic mass is 19.4. The number of ketones is 1. The van der Waals surface area contributed by atoms with Gasteiger partial charge in [-0.2, -0.15) is 13.2 Å². The first-order valence-corrected chi connectivity index (χ1v) is 5.61. The van der Waals surface area contributed by atoms with Gasteiger partial charge in [0.25, 0.3) is 5.69 Å². The lowest BCUT2D eigenvalue weighted by Crippen LogP contribution is -2.10. The molecule has 8 heteroatoms. The van der Waals surface area contributed by atoms with Crippen LogP contribution in [-0.4, -0.2) is 15.7 Å². The smallest absolute Gasteiger partial charge is 0.288 e. The molecule has 0 saturated heterocycles. The number of nitro groups is 1. The van der Waals surface area contributed by atoms with Crippen LogP contribution in [0.2, 0.25) is 0 Å². The fourth-order valence-electron chi connectivity index (χ4n) is 1.71. The summed E-state index contributed by atoms with van der Waals surface area (Å²) in [5.74, 6) is -0.888. The van der Waals surface area contributed by atoms with Crippen LogP contribution in [0.4, 0.5) is 18.9 Å². The SMILES string of the molecule is O=C(c1cccnc1)c1cc(C(F)(F)F)ccc1[N+](=O)[O-]. The molecule has 0 atom stereocenters. The summed E-state index contributed by atoms with van der Waals surface area (Å²) >= 11 is 0. The van der Waals surface area contributed by atoms with Gasteiger partial charge in [0, 0.05) is 24.0 Å². The first-order chi connectivity index (χ1) is 9.80. The van der Waals surface area contributed by atoms with Gasteiger partial charge in [-0.3, -0.25) is 19.9 Å². The Kier molecular flexibility index (Phi) is 3.70. The second-order valence-electron chi connectivity index (χ2n) is 4.06. The molecule has 21 heavy (non-hydrogen) atoms. The predicted molar refractivity (Wildman–Crippen MR) is 65.8 cm³/mol. The van der Waals surface area contributed by atoms with E-state index in [0.29, 0.717) is 18.2 Å². The molecular weight excluding hydrogens is 289 g/mol. The van der Waals surface area contributed by atoms with Crippen molar-refractivity contribution in [2.45, 2.75) is 6.18 Å². The van der Waals surface area contributed by atoms with E-state index in [1.165, 1.54) is 18.3 Å². The molecular formula is C13H7F3N2O3. The Morgan fingerprint density at radius 2 is 1.95 bits per heavy atom. The van der Waals surface area contributed by atoms with E-state index in [-0.39, 0.29) is 5.56 Å². The molecule has 0 saturated carbocycles. The van der Waals surface area contributed by atoms with Crippen molar-refractivity contribution in [3.05, 3.63) is 69.5 Å². The molecule has 0 bridgehead atoms. The van der Waals surface area contributed by atoms with Gasteiger partial charge in [-0.1, -0.05) is 0 Å². The zero-order valence-electron chi connectivity index (χ0n) is 10.3. The number of carbonyl (C=O) groups excluding carboxylic acids is 1. The van der Waals surface area contributed by atoms with E-state index in [9.17, 15) is 28.1 Å². The highest BCUT2D eigenvalue weighted by Gasteiger charge is 2.33. The number of hydrogen-bond donors (Lipinski definition) is 0. The van der Waals surface area contributed by atoms with Crippen molar-refractivity contribution in [2.75, 3.05) is 0 Å². The summed E-state index contributed by atoms with van der Waals surface area (Å²) in [7, 11) is 0. The Labute approximate surface area is 116 Å². The Bertz CT molecular complexity index is 700. The van der Waals surface area contributed by atoms with E-state index in [1.807, 2.05) is 0 Å². The van der Waals surface area contributed by atoms with E-state index >= 15 is 0 Å². The van der Waals surface area contributed by atoms with Gasteiger partial charge in [0.15, 0.2) is 0 Å². The number of nitro benzene ring substituents is 1. The van der Waals surface area contributed by atoms with Gasteiger partial charge in [0.05, 0.1) is 10.5 Å². The third-order valence-corrected chi connectivity index (χ3v) is 2.69. The molecule has 5 nitrogen and oxygen atoms in total. The fourth-order valence-corrected chi connectivity index (χ4v) is 1.71. The molecule has 0 N–H and O–H groups in total. The molecule has 0 unspecified atom stereocenters. The van der Waals surface area contributed by atoms with Gasteiger partial charge >= 0.3 is 6.18 Å². The molecule has 1 aromatic heterocycles. The summed E-state index contributed by atoms with van der Waals surface area (Å²) in [4.78, 5) is 25.8. The summed E-state index contributed by atoms with van der Waals surface area (Å²) in [6.07, 6.45) is -2.19. The van der Waals surface area contributed by atoms with E-state index in [2.05, 4.69) is 4.98 Å². The van der Waals surface area contributed by atoms with Gasteiger partial charge in [-0.05, 0) is 24.3 Å². The van der Waals surface area contributed by atoms with Crippen LogP contribution in [0.3, 0.4) is 0 Å². The van der Waals surface area contributed by atoms with E-state index in [1.54, 1.807) is 0 Å². The highest BCUT2D eigenvalue weighted by molar-refractivity contribution is 6.11. The molecule has 0 aliphatic heterocycles. The summed E-state index contributed by atoms with van der Waals surface area (Å²) in [5, 5.41) is 10.9. The predicted octanol–water partition coefficient (Wildman–Crippen LogP) is 3.24. The zero-order chi connectivity index (χ0) is 15.6. The maximum atomic E-state index is 12.7. The lowest BCUT2D eigenvalue weighted by atomic mass is 10.0. The molecule has 1 heterocycles. The number of pyridine rings is 1. The van der Waals surface area contributed by atoms with Crippen LogP contribution in [0, 0.1) is 10.1 Å². The fraction of sp³-hybridized carbons (Fsp3) is 0.0769. The van der Waals surface area contributed by atoms with Crippen molar-refractivity contribution in [3.8, 4) is 0 Å². The highest BCUT2D eigenvalue weighted by Crippen LogP contribution is 2.33. The van der Waals surface area contributed by atoms with Gasteiger partial charge in [-0.15, -0.1) is 0 Å². The molecule has 108 valence electrons. The number of aromatic nitrogens is 1. The van der Waals surface area contributed by atoms with Crippen molar-refractivity contribution in [3.63, 3.8) is 0 Å². The summed E-state index contributed by atoms with van der Waals surface area (Å²) in [5.41, 5.74) is -2.46. The van der Waals surface area contributed by atoms with Crippen LogP contribution in [0.25, 0.3) is 0 Å². The van der Waals surface area contributed by atoms with Crippen LogP contribution in [0.5, 0.6) is 0 Å². The third-order valence-electron chi connectivity index (χ3n) is 2.69. The van der Waals surface area contributed by atoms with Gasteiger partial charge in [0.1, 0.15) is 5.56 Å². The molecule has 0 spiro atoms. The Hall–Kier alpha value is -2.77. The van der Waals surface area contributed by atoms with Gasteiger partial charge < -0.3 is 0 Å². The first-order valence-electron chi connectivity index (χ1n) is 5.61. The number of carbonyl (C=O) groups is 1. The minimum atomic E-state index is -4.70. The number of benzene rings is 1. The maximum absolute atomic E-state index is 12.7. The van der Waals surface area contributed by atoms with E-state index in [4.69, 9.17) is 0 Å². The molecule has 2 aromatic rings. The van der Waals surface area contributed by atoms with Crippen molar-refractivity contribution >= 4 is 11.5 Å². The van der Waals surface area contributed by atoms with Crippen LogP contribution in [-0.2, 0) is 6.18 Å². The van der Waals surface area contributed by atoms with Crippen LogP contribution in [0.1, 0.15) is 21.5 Å². The quantitative estimate of drug-likeness (QED) is 0.495. The standard InChI is InChI=1S/C13H7F3N2O3/c14-13(15,16)9-3-4-11(18(20)21)10(6-9)12(19)8-2-1-5-17-7-8/h1-7H.